The van der Waals surface area contributed by atoms with Crippen molar-refractivity contribution in [2.24, 2.45) is 11.8 Å². The third-order valence-electron chi connectivity index (χ3n) is 3.11. The molecule has 0 unspecified atom stereocenters. The van der Waals surface area contributed by atoms with Gasteiger partial charge in [-0.15, -0.1) is 0 Å². The Bertz CT molecular complexity index is 329. The quantitative estimate of drug-likeness (QED) is 0.404. The number of thioether (sulfide) groups is 2. The van der Waals surface area contributed by atoms with Gasteiger partial charge in [0.05, 0.1) is 11.8 Å². The molecule has 0 saturated heterocycles. The van der Waals surface area contributed by atoms with E-state index in [2.05, 4.69) is 0 Å². The van der Waals surface area contributed by atoms with Gasteiger partial charge in [-0.1, -0.05) is 0 Å². The van der Waals surface area contributed by atoms with Crippen LogP contribution in [0.15, 0.2) is 0 Å². The fraction of sp³-hybridized carbons (Fsp3) is 0.733. The second kappa shape index (κ2) is 11.0. The average molecular weight is 332 g/mol. The molecule has 0 rings (SSSR count). The number of Topliss-reactive ketones (excluding diaryl/α,β-unsaturated/α-hetero) is 4. The van der Waals surface area contributed by atoms with Gasteiger partial charge in [-0.25, -0.2) is 0 Å². The first-order chi connectivity index (χ1) is 9.77. The molecular formula is C15H24O4S2. The van der Waals surface area contributed by atoms with Crippen LogP contribution in [-0.4, -0.2) is 46.1 Å². The summed E-state index contributed by atoms with van der Waals surface area (Å²) in [6.07, 6.45) is 0.931. The number of hydrogen-bond acceptors (Lipinski definition) is 6. The molecule has 0 aliphatic rings. The zero-order chi connectivity index (χ0) is 16.4. The summed E-state index contributed by atoms with van der Waals surface area (Å²) >= 11 is 3.20. The molecule has 0 heterocycles. The minimum Gasteiger partial charge on any atom is -0.299 e. The SMILES string of the molecule is CC(=O)C(CSCCCSCC(C(C)=O)C(C)=O)C(C)=O. The highest BCUT2D eigenvalue weighted by molar-refractivity contribution is 8.00. The standard InChI is InChI=1S/C15H24O4S2/c1-10(16)14(11(2)17)8-20-6-5-7-21-9-15(12(3)18)13(4)19/h14-15H,5-9H2,1-4H3. The van der Waals surface area contributed by atoms with E-state index in [1.54, 1.807) is 23.5 Å². The van der Waals surface area contributed by atoms with Gasteiger partial charge >= 0.3 is 0 Å². The van der Waals surface area contributed by atoms with Gasteiger partial charge in [0.25, 0.3) is 0 Å². The maximum absolute atomic E-state index is 11.3. The van der Waals surface area contributed by atoms with Crippen molar-refractivity contribution in [2.75, 3.05) is 23.0 Å². The van der Waals surface area contributed by atoms with Crippen LogP contribution in [0.1, 0.15) is 34.1 Å². The van der Waals surface area contributed by atoms with Crippen molar-refractivity contribution in [1.82, 2.24) is 0 Å². The van der Waals surface area contributed by atoms with Crippen LogP contribution in [-0.2, 0) is 19.2 Å². The minimum atomic E-state index is -0.484. The van der Waals surface area contributed by atoms with Crippen LogP contribution in [0.25, 0.3) is 0 Å². The fourth-order valence-corrected chi connectivity index (χ4v) is 4.33. The first-order valence-corrected chi connectivity index (χ1v) is 9.25. The zero-order valence-electron chi connectivity index (χ0n) is 13.1. The lowest BCUT2D eigenvalue weighted by Gasteiger charge is -2.10. The Balaban J connectivity index is 3.78. The van der Waals surface area contributed by atoms with E-state index in [0.717, 1.165) is 17.9 Å². The number of hydrogen-bond donors (Lipinski definition) is 0. The van der Waals surface area contributed by atoms with E-state index in [1.165, 1.54) is 27.7 Å². The van der Waals surface area contributed by atoms with Gasteiger partial charge in [0.15, 0.2) is 0 Å². The second-order valence-corrected chi connectivity index (χ2v) is 7.35. The molecule has 0 aliphatic carbocycles. The molecule has 0 aromatic carbocycles. The second-order valence-electron chi connectivity index (χ2n) is 5.05. The van der Waals surface area contributed by atoms with E-state index >= 15 is 0 Å². The maximum atomic E-state index is 11.3. The third-order valence-corrected chi connectivity index (χ3v) is 5.40. The number of carbonyl (C=O) groups is 4. The molecule has 0 radical (unpaired) electrons. The van der Waals surface area contributed by atoms with Gasteiger partial charge < -0.3 is 0 Å². The lowest BCUT2D eigenvalue weighted by Crippen LogP contribution is -2.22. The normalized spacial score (nSPS) is 11.0. The molecule has 6 heteroatoms. The molecular weight excluding hydrogens is 308 g/mol. The highest BCUT2D eigenvalue weighted by Gasteiger charge is 2.20. The number of ketones is 4. The smallest absolute Gasteiger partial charge is 0.141 e. The zero-order valence-corrected chi connectivity index (χ0v) is 14.8. The summed E-state index contributed by atoms with van der Waals surface area (Å²) in [5.74, 6) is 1.56. The number of rotatable bonds is 12. The van der Waals surface area contributed by atoms with Gasteiger partial charge in [0.2, 0.25) is 0 Å². The molecule has 0 fully saturated rings. The topological polar surface area (TPSA) is 68.3 Å². The van der Waals surface area contributed by atoms with Gasteiger partial charge in [-0.3, -0.25) is 19.2 Å². The van der Waals surface area contributed by atoms with Crippen LogP contribution in [0.2, 0.25) is 0 Å². The Morgan fingerprint density at radius 2 is 0.952 bits per heavy atom. The van der Waals surface area contributed by atoms with E-state index in [1.807, 2.05) is 0 Å². The summed E-state index contributed by atoms with van der Waals surface area (Å²) in [5, 5.41) is 0. The summed E-state index contributed by atoms with van der Waals surface area (Å²) in [4.78, 5) is 45.0. The van der Waals surface area contributed by atoms with Gasteiger partial charge in [0.1, 0.15) is 23.1 Å². The molecule has 21 heavy (non-hydrogen) atoms. The average Bonchev–Trinajstić information content (AvgIpc) is 2.34. The van der Waals surface area contributed by atoms with E-state index in [4.69, 9.17) is 0 Å². The molecule has 0 atom stereocenters. The Kier molecular flexibility index (Phi) is 10.7. The predicted molar refractivity (Wildman–Crippen MR) is 89.0 cm³/mol. The fourth-order valence-electron chi connectivity index (χ4n) is 1.71. The van der Waals surface area contributed by atoms with Crippen molar-refractivity contribution in [3.63, 3.8) is 0 Å². The summed E-state index contributed by atoms with van der Waals surface area (Å²) < 4.78 is 0. The van der Waals surface area contributed by atoms with Gasteiger partial charge in [0, 0.05) is 11.5 Å². The van der Waals surface area contributed by atoms with Crippen molar-refractivity contribution in [3.8, 4) is 0 Å². The van der Waals surface area contributed by atoms with E-state index in [9.17, 15) is 19.2 Å². The lowest BCUT2D eigenvalue weighted by atomic mass is 10.0. The third kappa shape index (κ3) is 9.09. The summed E-state index contributed by atoms with van der Waals surface area (Å²) in [6, 6.07) is 0. The van der Waals surface area contributed by atoms with Gasteiger partial charge in [-0.05, 0) is 45.6 Å². The van der Waals surface area contributed by atoms with Crippen LogP contribution in [0, 0.1) is 11.8 Å². The molecule has 0 aliphatic heterocycles. The van der Waals surface area contributed by atoms with Crippen LogP contribution in [0.5, 0.6) is 0 Å². The van der Waals surface area contributed by atoms with Crippen molar-refractivity contribution >= 4 is 46.7 Å². The molecule has 0 aromatic rings. The van der Waals surface area contributed by atoms with Gasteiger partial charge in [-0.2, -0.15) is 23.5 Å². The van der Waals surface area contributed by atoms with E-state index in [0.29, 0.717) is 11.5 Å². The first-order valence-electron chi connectivity index (χ1n) is 6.94. The van der Waals surface area contributed by atoms with E-state index in [-0.39, 0.29) is 23.1 Å². The summed E-state index contributed by atoms with van der Waals surface area (Å²) in [5.41, 5.74) is 0. The molecule has 0 amide bonds. The van der Waals surface area contributed by atoms with Crippen molar-refractivity contribution in [1.29, 1.82) is 0 Å². The molecule has 0 N–H and O–H groups in total. The Hall–Kier alpha value is -0.620. The monoisotopic (exact) mass is 332 g/mol. The van der Waals surface area contributed by atoms with Crippen molar-refractivity contribution in [2.45, 2.75) is 34.1 Å². The van der Waals surface area contributed by atoms with E-state index < -0.39 is 11.8 Å². The van der Waals surface area contributed by atoms with Crippen molar-refractivity contribution in [3.05, 3.63) is 0 Å². The first kappa shape index (κ1) is 20.4. The Morgan fingerprint density at radius 1 is 0.667 bits per heavy atom. The molecule has 0 bridgehead atoms. The van der Waals surface area contributed by atoms with Crippen LogP contribution in [0.4, 0.5) is 0 Å². The lowest BCUT2D eigenvalue weighted by molar-refractivity contribution is -0.131. The molecule has 0 aromatic heterocycles. The van der Waals surface area contributed by atoms with Crippen molar-refractivity contribution < 1.29 is 19.2 Å². The molecule has 4 nitrogen and oxygen atoms in total. The molecule has 0 saturated carbocycles. The Morgan fingerprint density at radius 3 is 1.19 bits per heavy atom. The maximum Gasteiger partial charge on any atom is 0.141 e. The van der Waals surface area contributed by atoms with Crippen LogP contribution in [0.3, 0.4) is 0 Å². The predicted octanol–water partition coefficient (Wildman–Crippen LogP) is 2.43. The minimum absolute atomic E-state index is 0.0740. The largest absolute Gasteiger partial charge is 0.299 e. The number of carbonyl (C=O) groups excluding carboxylic acids is 4. The summed E-state index contributed by atoms with van der Waals surface area (Å²) in [7, 11) is 0. The van der Waals surface area contributed by atoms with Crippen LogP contribution >= 0.6 is 23.5 Å². The summed E-state index contributed by atoms with van der Waals surface area (Å²) in [6.45, 7) is 5.80. The highest BCUT2D eigenvalue weighted by Crippen LogP contribution is 2.16. The molecule has 0 spiro atoms. The Labute approximate surface area is 135 Å². The molecule has 120 valence electrons. The highest BCUT2D eigenvalue weighted by atomic mass is 32.2. The van der Waals surface area contributed by atoms with Crippen LogP contribution < -0.4 is 0 Å².